The lowest BCUT2D eigenvalue weighted by Gasteiger charge is -2.34. The molecule has 5 heteroatoms. The first-order chi connectivity index (χ1) is 11.6. The molecule has 0 radical (unpaired) electrons. The summed E-state index contributed by atoms with van der Waals surface area (Å²) >= 11 is 0. The maximum atomic E-state index is 12.7. The van der Waals surface area contributed by atoms with E-state index in [0.29, 0.717) is 25.4 Å². The van der Waals surface area contributed by atoms with E-state index in [9.17, 15) is 14.7 Å². The van der Waals surface area contributed by atoms with E-state index in [2.05, 4.69) is 19.2 Å². The van der Waals surface area contributed by atoms with Gasteiger partial charge in [-0.25, -0.2) is 4.79 Å². The second-order valence-corrected chi connectivity index (χ2v) is 6.54. The van der Waals surface area contributed by atoms with Crippen molar-refractivity contribution in [2.24, 2.45) is 11.8 Å². The summed E-state index contributed by atoms with van der Waals surface area (Å²) in [5.74, 6) is -0.906. The highest BCUT2D eigenvalue weighted by molar-refractivity contribution is 5.77. The molecule has 1 fully saturated rings. The molecule has 2 N–H and O–H groups in total. The highest BCUT2D eigenvalue weighted by Crippen LogP contribution is 2.28. The number of aliphatic carboxylic acids is 1. The Bertz CT molecular complexity index is 543. The predicted octanol–water partition coefficient (Wildman–Crippen LogP) is 3.67. The first kappa shape index (κ1) is 18.3. The van der Waals surface area contributed by atoms with Crippen molar-refractivity contribution in [3.63, 3.8) is 0 Å². The fraction of sp³-hybridized carbons (Fsp3) is 0.579. The number of nitrogens with zero attached hydrogens (tertiary/aromatic N) is 1. The predicted molar refractivity (Wildman–Crippen MR) is 93.7 cm³/mol. The summed E-state index contributed by atoms with van der Waals surface area (Å²) in [5, 5.41) is 12.4. The Hall–Kier alpha value is -2.04. The summed E-state index contributed by atoms with van der Waals surface area (Å²) in [6, 6.07) is 9.83. The van der Waals surface area contributed by atoms with E-state index >= 15 is 0 Å². The number of nitrogens with one attached hydrogen (secondary N) is 1. The maximum Gasteiger partial charge on any atom is 0.317 e. The highest BCUT2D eigenvalue weighted by atomic mass is 16.4. The van der Waals surface area contributed by atoms with E-state index in [1.165, 1.54) is 0 Å². The number of piperidine rings is 1. The molecule has 0 saturated carbocycles. The molecule has 1 aliphatic rings. The number of carbonyl (C=O) groups is 2. The lowest BCUT2D eigenvalue weighted by molar-refractivity contribution is -0.143. The summed E-state index contributed by atoms with van der Waals surface area (Å²) in [6.45, 7) is 5.20. The molecule has 2 rings (SSSR count). The van der Waals surface area contributed by atoms with E-state index in [1.807, 2.05) is 30.3 Å². The number of carboxylic acid groups (broad SMARTS) is 1. The highest BCUT2D eigenvalue weighted by Gasteiger charge is 2.30. The number of carboxylic acids is 1. The minimum absolute atomic E-state index is 0.0427. The van der Waals surface area contributed by atoms with Crippen LogP contribution in [0.3, 0.4) is 0 Å². The van der Waals surface area contributed by atoms with Crippen LogP contribution in [0.25, 0.3) is 0 Å². The molecule has 0 aromatic heterocycles. The molecular formula is C19H28N2O3. The number of urea groups is 1. The number of carbonyl (C=O) groups excluding carboxylic acids is 1. The quantitative estimate of drug-likeness (QED) is 0.835. The Morgan fingerprint density at radius 2 is 1.92 bits per heavy atom. The molecule has 1 heterocycles. The molecule has 1 aromatic rings. The number of benzene rings is 1. The monoisotopic (exact) mass is 332 g/mol. The van der Waals surface area contributed by atoms with Crippen LogP contribution in [0.2, 0.25) is 0 Å². The second-order valence-electron chi connectivity index (χ2n) is 6.54. The molecule has 1 aromatic carbocycles. The van der Waals surface area contributed by atoms with Crippen LogP contribution in [-0.2, 0) is 4.79 Å². The van der Waals surface area contributed by atoms with Crippen molar-refractivity contribution in [2.75, 3.05) is 13.1 Å². The van der Waals surface area contributed by atoms with Crippen molar-refractivity contribution in [1.82, 2.24) is 10.2 Å². The van der Waals surface area contributed by atoms with Gasteiger partial charge in [0.05, 0.1) is 12.0 Å². The third kappa shape index (κ3) is 4.49. The second kappa shape index (κ2) is 8.71. The van der Waals surface area contributed by atoms with Crippen molar-refractivity contribution >= 4 is 12.0 Å². The Kier molecular flexibility index (Phi) is 6.64. The standard InChI is InChI=1S/C19H28N2O3/c1-3-14(4-2)17(15-9-6-5-7-10-15)20-19(24)21-12-8-11-16(13-21)18(22)23/h5-7,9-10,14,16-17H,3-4,8,11-13H2,1-2H3,(H,20,24)(H,22,23). The molecule has 0 spiro atoms. The number of hydrogen-bond acceptors (Lipinski definition) is 2. The average molecular weight is 332 g/mol. The minimum atomic E-state index is -0.813. The fourth-order valence-electron chi connectivity index (χ4n) is 3.48. The number of amides is 2. The number of rotatable bonds is 6. The largest absolute Gasteiger partial charge is 0.481 e. The van der Waals surface area contributed by atoms with E-state index in [-0.39, 0.29) is 12.1 Å². The average Bonchev–Trinajstić information content (AvgIpc) is 2.62. The van der Waals surface area contributed by atoms with E-state index in [1.54, 1.807) is 4.90 Å². The van der Waals surface area contributed by atoms with Crippen LogP contribution in [0, 0.1) is 11.8 Å². The van der Waals surface area contributed by atoms with Crippen molar-refractivity contribution in [2.45, 2.75) is 45.6 Å². The van der Waals surface area contributed by atoms with Crippen molar-refractivity contribution in [3.8, 4) is 0 Å². The summed E-state index contributed by atoms with van der Waals surface area (Å²) in [7, 11) is 0. The molecule has 1 saturated heterocycles. The summed E-state index contributed by atoms with van der Waals surface area (Å²) in [5.41, 5.74) is 1.10. The van der Waals surface area contributed by atoms with Gasteiger partial charge in [-0.2, -0.15) is 0 Å². The molecule has 1 aliphatic heterocycles. The minimum Gasteiger partial charge on any atom is -0.481 e. The molecular weight excluding hydrogens is 304 g/mol. The molecule has 0 bridgehead atoms. The Morgan fingerprint density at radius 1 is 1.25 bits per heavy atom. The molecule has 132 valence electrons. The number of likely N-dealkylation sites (tertiary alicyclic amines) is 1. The third-order valence-corrected chi connectivity index (χ3v) is 5.02. The Labute approximate surface area is 144 Å². The zero-order valence-corrected chi connectivity index (χ0v) is 14.6. The van der Waals surface area contributed by atoms with Crippen LogP contribution in [0.4, 0.5) is 4.79 Å². The van der Waals surface area contributed by atoms with Gasteiger partial charge in [0.15, 0.2) is 0 Å². The normalized spacial score (nSPS) is 19.1. The van der Waals surface area contributed by atoms with Gasteiger partial charge in [0, 0.05) is 13.1 Å². The van der Waals surface area contributed by atoms with Crippen molar-refractivity contribution < 1.29 is 14.7 Å². The lowest BCUT2D eigenvalue weighted by atomic mass is 9.89. The molecule has 2 amide bonds. The summed E-state index contributed by atoms with van der Waals surface area (Å²) < 4.78 is 0. The molecule has 5 nitrogen and oxygen atoms in total. The maximum absolute atomic E-state index is 12.7. The zero-order chi connectivity index (χ0) is 17.5. The molecule has 2 atom stereocenters. The van der Waals surface area contributed by atoms with Gasteiger partial charge in [-0.1, -0.05) is 57.0 Å². The van der Waals surface area contributed by atoms with Crippen LogP contribution in [-0.4, -0.2) is 35.1 Å². The lowest BCUT2D eigenvalue weighted by Crippen LogP contribution is -2.48. The van der Waals surface area contributed by atoms with Crippen molar-refractivity contribution in [3.05, 3.63) is 35.9 Å². The van der Waals surface area contributed by atoms with Gasteiger partial charge in [0.1, 0.15) is 0 Å². The Balaban J connectivity index is 2.11. The SMILES string of the molecule is CCC(CC)C(NC(=O)N1CCCC(C(=O)O)C1)c1ccccc1. The Morgan fingerprint density at radius 3 is 2.50 bits per heavy atom. The molecule has 0 aliphatic carbocycles. The van der Waals surface area contributed by atoms with Crippen LogP contribution in [0.15, 0.2) is 30.3 Å². The summed E-state index contributed by atoms with van der Waals surface area (Å²) in [6.07, 6.45) is 3.35. The van der Waals surface area contributed by atoms with Gasteiger partial charge < -0.3 is 15.3 Å². The van der Waals surface area contributed by atoms with E-state index in [4.69, 9.17) is 0 Å². The molecule has 2 unspecified atom stereocenters. The first-order valence-electron chi connectivity index (χ1n) is 8.90. The molecule has 24 heavy (non-hydrogen) atoms. The number of hydrogen-bond donors (Lipinski definition) is 2. The van der Waals surface area contributed by atoms with Gasteiger partial charge in [-0.15, -0.1) is 0 Å². The van der Waals surface area contributed by atoms with Gasteiger partial charge in [0.25, 0.3) is 0 Å². The third-order valence-electron chi connectivity index (χ3n) is 5.02. The van der Waals surface area contributed by atoms with E-state index in [0.717, 1.165) is 24.8 Å². The first-order valence-corrected chi connectivity index (χ1v) is 8.90. The topological polar surface area (TPSA) is 69.6 Å². The van der Waals surface area contributed by atoms with Gasteiger partial charge in [-0.05, 0) is 24.3 Å². The van der Waals surface area contributed by atoms with Crippen LogP contribution < -0.4 is 5.32 Å². The zero-order valence-electron chi connectivity index (χ0n) is 14.6. The van der Waals surface area contributed by atoms with Crippen LogP contribution >= 0.6 is 0 Å². The van der Waals surface area contributed by atoms with Gasteiger partial charge in [-0.3, -0.25) is 4.79 Å². The van der Waals surface area contributed by atoms with Crippen molar-refractivity contribution in [1.29, 1.82) is 0 Å². The summed E-state index contributed by atoms with van der Waals surface area (Å²) in [4.78, 5) is 25.6. The smallest absolute Gasteiger partial charge is 0.317 e. The van der Waals surface area contributed by atoms with Crippen LogP contribution in [0.5, 0.6) is 0 Å². The fourth-order valence-corrected chi connectivity index (χ4v) is 3.48. The van der Waals surface area contributed by atoms with E-state index < -0.39 is 11.9 Å². The van der Waals surface area contributed by atoms with Gasteiger partial charge >= 0.3 is 12.0 Å². The van der Waals surface area contributed by atoms with Gasteiger partial charge in [0.2, 0.25) is 0 Å². The van der Waals surface area contributed by atoms with Crippen LogP contribution in [0.1, 0.15) is 51.1 Å².